The Morgan fingerprint density at radius 3 is 2.63 bits per heavy atom. The third-order valence-electron chi connectivity index (χ3n) is 2.70. The number of benzene rings is 1. The molecule has 1 aromatic carbocycles. The molecule has 1 aromatic heterocycles. The number of nitrogens with two attached hydrogens (primary N) is 1. The third-order valence-corrected chi connectivity index (χ3v) is 2.70. The monoisotopic (exact) mass is 258 g/mol. The number of aromatic hydroxyl groups is 1. The highest BCUT2D eigenvalue weighted by Crippen LogP contribution is 2.24. The van der Waals surface area contributed by atoms with E-state index in [0.29, 0.717) is 11.3 Å². The first-order chi connectivity index (χ1) is 8.99. The molecule has 2 aromatic rings. The molecule has 0 unspecified atom stereocenters. The lowest BCUT2D eigenvalue weighted by Crippen LogP contribution is -2.15. The molecule has 2 rings (SSSR count). The van der Waals surface area contributed by atoms with Gasteiger partial charge in [-0.05, 0) is 25.5 Å². The van der Waals surface area contributed by atoms with Crippen molar-refractivity contribution in [3.63, 3.8) is 0 Å². The van der Waals surface area contributed by atoms with Crippen LogP contribution in [0, 0.1) is 13.8 Å². The van der Waals surface area contributed by atoms with Crippen LogP contribution in [0.5, 0.6) is 5.75 Å². The van der Waals surface area contributed by atoms with Crippen molar-refractivity contribution in [1.82, 2.24) is 9.97 Å². The number of aryl methyl sites for hydroxylation is 2. The van der Waals surface area contributed by atoms with E-state index in [-0.39, 0.29) is 23.4 Å². The lowest BCUT2D eigenvalue weighted by Gasteiger charge is -2.09. The maximum atomic E-state index is 12.1. The fourth-order valence-corrected chi connectivity index (χ4v) is 1.68. The van der Waals surface area contributed by atoms with Gasteiger partial charge < -0.3 is 16.2 Å². The van der Waals surface area contributed by atoms with E-state index in [9.17, 15) is 9.90 Å². The average Bonchev–Trinajstić information content (AvgIpc) is 2.35. The minimum absolute atomic E-state index is 0.00427. The quantitative estimate of drug-likeness (QED) is 0.760. The summed E-state index contributed by atoms with van der Waals surface area (Å²) in [6.45, 7) is 3.41. The van der Waals surface area contributed by atoms with Crippen LogP contribution in [-0.4, -0.2) is 21.0 Å². The topological polar surface area (TPSA) is 101 Å². The van der Waals surface area contributed by atoms with Gasteiger partial charge in [-0.2, -0.15) is 4.98 Å². The Morgan fingerprint density at radius 2 is 1.95 bits per heavy atom. The Morgan fingerprint density at radius 1 is 1.26 bits per heavy atom. The summed E-state index contributed by atoms with van der Waals surface area (Å²) in [6.07, 6.45) is 0. The number of hydrogen-bond donors (Lipinski definition) is 3. The molecule has 0 radical (unpaired) electrons. The van der Waals surface area contributed by atoms with Crippen molar-refractivity contribution in [3.8, 4) is 5.75 Å². The Labute approximate surface area is 110 Å². The molecule has 4 N–H and O–H groups in total. The molecule has 0 saturated carbocycles. The maximum absolute atomic E-state index is 12.1. The molecule has 19 heavy (non-hydrogen) atoms. The second kappa shape index (κ2) is 4.93. The van der Waals surface area contributed by atoms with Crippen molar-refractivity contribution in [1.29, 1.82) is 0 Å². The minimum atomic E-state index is -0.356. The largest absolute Gasteiger partial charge is 0.503 e. The molecule has 0 atom stereocenters. The van der Waals surface area contributed by atoms with Gasteiger partial charge in [-0.15, -0.1) is 0 Å². The molecule has 0 bridgehead atoms. The van der Waals surface area contributed by atoms with E-state index in [1.165, 1.54) is 0 Å². The van der Waals surface area contributed by atoms with Crippen LogP contribution in [-0.2, 0) is 0 Å². The van der Waals surface area contributed by atoms with Gasteiger partial charge in [-0.3, -0.25) is 4.79 Å². The normalized spacial score (nSPS) is 10.2. The molecule has 0 aliphatic carbocycles. The molecule has 0 spiro atoms. The maximum Gasteiger partial charge on any atom is 0.257 e. The van der Waals surface area contributed by atoms with Gasteiger partial charge in [0.25, 0.3) is 5.91 Å². The summed E-state index contributed by atoms with van der Waals surface area (Å²) >= 11 is 0. The molecule has 0 saturated heterocycles. The molecule has 0 aliphatic rings. The van der Waals surface area contributed by atoms with Crippen LogP contribution in [0.15, 0.2) is 24.3 Å². The SMILES string of the molecule is Cc1ccccc1C(=O)Nc1nc(N)nc(C)c1O. The molecule has 98 valence electrons. The molecular formula is C13H14N4O2. The third kappa shape index (κ3) is 2.62. The van der Waals surface area contributed by atoms with Crippen molar-refractivity contribution >= 4 is 17.7 Å². The van der Waals surface area contributed by atoms with E-state index in [2.05, 4.69) is 15.3 Å². The zero-order valence-electron chi connectivity index (χ0n) is 10.6. The first-order valence-electron chi connectivity index (χ1n) is 5.69. The molecule has 1 amide bonds. The van der Waals surface area contributed by atoms with Crippen molar-refractivity contribution in [2.45, 2.75) is 13.8 Å². The van der Waals surface area contributed by atoms with Crippen molar-refractivity contribution in [2.24, 2.45) is 0 Å². The number of rotatable bonds is 2. The first-order valence-corrected chi connectivity index (χ1v) is 5.69. The minimum Gasteiger partial charge on any atom is -0.503 e. The number of aromatic nitrogens is 2. The zero-order valence-corrected chi connectivity index (χ0v) is 10.6. The van der Waals surface area contributed by atoms with Crippen LogP contribution in [0.1, 0.15) is 21.6 Å². The van der Waals surface area contributed by atoms with Crippen LogP contribution in [0.25, 0.3) is 0 Å². The van der Waals surface area contributed by atoms with Gasteiger partial charge in [0, 0.05) is 5.56 Å². The van der Waals surface area contributed by atoms with E-state index < -0.39 is 0 Å². The zero-order chi connectivity index (χ0) is 14.0. The van der Waals surface area contributed by atoms with E-state index in [1.54, 1.807) is 19.1 Å². The van der Waals surface area contributed by atoms with E-state index in [0.717, 1.165) is 5.56 Å². The van der Waals surface area contributed by atoms with E-state index in [1.807, 2.05) is 19.1 Å². The smallest absolute Gasteiger partial charge is 0.257 e. The number of nitrogen functional groups attached to an aromatic ring is 1. The number of nitrogens with zero attached hydrogens (tertiary/aromatic N) is 2. The first kappa shape index (κ1) is 12.8. The second-order valence-electron chi connectivity index (χ2n) is 4.13. The number of hydrogen-bond acceptors (Lipinski definition) is 5. The lowest BCUT2D eigenvalue weighted by molar-refractivity contribution is 0.102. The fraction of sp³-hybridized carbons (Fsp3) is 0.154. The fourth-order valence-electron chi connectivity index (χ4n) is 1.68. The highest BCUT2D eigenvalue weighted by Gasteiger charge is 2.14. The highest BCUT2D eigenvalue weighted by atomic mass is 16.3. The summed E-state index contributed by atoms with van der Waals surface area (Å²) in [7, 11) is 0. The second-order valence-corrected chi connectivity index (χ2v) is 4.13. The number of anilines is 2. The van der Waals surface area contributed by atoms with Gasteiger partial charge in [0.1, 0.15) is 0 Å². The average molecular weight is 258 g/mol. The molecule has 0 fully saturated rings. The summed E-state index contributed by atoms with van der Waals surface area (Å²) in [5.41, 5.74) is 7.14. The predicted molar refractivity (Wildman–Crippen MR) is 72.0 cm³/mol. The van der Waals surface area contributed by atoms with Gasteiger partial charge in [0.2, 0.25) is 5.95 Å². The predicted octanol–water partition coefficient (Wildman–Crippen LogP) is 1.63. The van der Waals surface area contributed by atoms with Gasteiger partial charge in [-0.25, -0.2) is 4.98 Å². The van der Waals surface area contributed by atoms with E-state index >= 15 is 0 Å². The van der Waals surface area contributed by atoms with Crippen LogP contribution in [0.2, 0.25) is 0 Å². The number of carbonyl (C=O) groups is 1. The van der Waals surface area contributed by atoms with Crippen molar-refractivity contribution in [2.75, 3.05) is 11.1 Å². The van der Waals surface area contributed by atoms with Crippen molar-refractivity contribution < 1.29 is 9.90 Å². The van der Waals surface area contributed by atoms with Crippen LogP contribution in [0.4, 0.5) is 11.8 Å². The molecule has 6 nitrogen and oxygen atoms in total. The summed E-state index contributed by atoms with van der Waals surface area (Å²) in [6, 6.07) is 7.13. The van der Waals surface area contributed by atoms with Gasteiger partial charge in [-0.1, -0.05) is 18.2 Å². The number of amides is 1. The molecular weight excluding hydrogens is 244 g/mol. The Balaban J connectivity index is 2.32. The van der Waals surface area contributed by atoms with Crippen LogP contribution in [0.3, 0.4) is 0 Å². The van der Waals surface area contributed by atoms with Crippen LogP contribution >= 0.6 is 0 Å². The molecule has 0 aliphatic heterocycles. The lowest BCUT2D eigenvalue weighted by atomic mass is 10.1. The van der Waals surface area contributed by atoms with Crippen molar-refractivity contribution in [3.05, 3.63) is 41.1 Å². The number of nitrogens with one attached hydrogen (secondary N) is 1. The standard InChI is InChI=1S/C13H14N4O2/c1-7-5-3-4-6-9(7)12(19)16-11-10(18)8(2)15-13(14)17-11/h3-6,18H,1-2H3,(H3,14,15,16,17,19). The summed E-state index contributed by atoms with van der Waals surface area (Å²) in [4.78, 5) is 19.7. The number of carbonyl (C=O) groups excluding carboxylic acids is 1. The molecule has 6 heteroatoms. The highest BCUT2D eigenvalue weighted by molar-refractivity contribution is 6.05. The van der Waals surface area contributed by atoms with Crippen LogP contribution < -0.4 is 11.1 Å². The Bertz CT molecular complexity index is 641. The van der Waals surface area contributed by atoms with Gasteiger partial charge in [0.05, 0.1) is 5.69 Å². The van der Waals surface area contributed by atoms with Gasteiger partial charge in [0.15, 0.2) is 11.6 Å². The summed E-state index contributed by atoms with van der Waals surface area (Å²) < 4.78 is 0. The Hall–Kier alpha value is -2.63. The Kier molecular flexibility index (Phi) is 3.33. The summed E-state index contributed by atoms with van der Waals surface area (Å²) in [5, 5.41) is 12.3. The summed E-state index contributed by atoms with van der Waals surface area (Å²) in [5.74, 6) is -0.532. The van der Waals surface area contributed by atoms with E-state index in [4.69, 9.17) is 5.73 Å². The van der Waals surface area contributed by atoms with Gasteiger partial charge >= 0.3 is 0 Å². The molecule has 1 heterocycles.